The van der Waals surface area contributed by atoms with Crippen LogP contribution < -0.4 is 4.74 Å². The van der Waals surface area contributed by atoms with Crippen LogP contribution in [0.1, 0.15) is 5.56 Å². The minimum absolute atomic E-state index is 0.276. The number of benzene rings is 1. The number of hydrogen-bond donors (Lipinski definition) is 0. The lowest BCUT2D eigenvalue weighted by molar-refractivity contribution is 0.452. The molecule has 0 bridgehead atoms. The van der Waals surface area contributed by atoms with E-state index in [9.17, 15) is 4.39 Å². The molecule has 0 atom stereocenters. The van der Waals surface area contributed by atoms with Gasteiger partial charge in [-0.2, -0.15) is 0 Å². The minimum atomic E-state index is -0.276. The molecule has 0 aliphatic rings. The molecule has 0 aliphatic carbocycles. The van der Waals surface area contributed by atoms with Crippen molar-refractivity contribution in [1.29, 1.82) is 0 Å². The Labute approximate surface area is 106 Å². The van der Waals surface area contributed by atoms with Crippen LogP contribution in [0.4, 0.5) is 4.39 Å². The van der Waals surface area contributed by atoms with Gasteiger partial charge in [-0.25, -0.2) is 14.4 Å². The number of aryl methyl sites for hydroxylation is 1. The van der Waals surface area contributed by atoms with Gasteiger partial charge in [-0.3, -0.25) is 0 Å². The van der Waals surface area contributed by atoms with E-state index in [-0.39, 0.29) is 5.82 Å². The van der Waals surface area contributed by atoms with Gasteiger partial charge in [-0.05, 0) is 53.3 Å². The Balaban J connectivity index is 2.31. The van der Waals surface area contributed by atoms with Gasteiger partial charge in [0.1, 0.15) is 17.9 Å². The van der Waals surface area contributed by atoms with E-state index in [2.05, 4.69) is 32.6 Å². The maximum absolute atomic E-state index is 12.9. The minimum Gasteiger partial charge on any atom is -0.438 e. The summed E-state index contributed by atoms with van der Waals surface area (Å²) in [6.07, 6.45) is 3.07. The van der Waals surface area contributed by atoms with E-state index < -0.39 is 0 Å². The Bertz CT molecular complexity index is 519. The first-order valence-electron chi connectivity index (χ1n) is 4.56. The molecule has 1 aromatic heterocycles. The third-order valence-corrected chi connectivity index (χ3v) is 2.72. The zero-order chi connectivity index (χ0) is 11.5. The highest BCUT2D eigenvalue weighted by Crippen LogP contribution is 2.26. The van der Waals surface area contributed by atoms with Crippen molar-refractivity contribution < 1.29 is 9.13 Å². The van der Waals surface area contributed by atoms with Crippen LogP contribution in [-0.2, 0) is 0 Å². The van der Waals surface area contributed by atoms with Gasteiger partial charge in [0.2, 0.25) is 5.88 Å². The largest absolute Gasteiger partial charge is 0.438 e. The molecule has 5 heteroatoms. The van der Waals surface area contributed by atoms with E-state index in [4.69, 9.17) is 4.74 Å². The van der Waals surface area contributed by atoms with Gasteiger partial charge in [0.15, 0.2) is 0 Å². The van der Waals surface area contributed by atoms with Crippen LogP contribution in [0, 0.1) is 16.3 Å². The number of aromatic nitrogens is 2. The fraction of sp³-hybridized carbons (Fsp3) is 0.0909. The molecule has 0 saturated carbocycles. The number of ether oxygens (including phenoxy) is 1. The molecule has 0 unspecified atom stereocenters. The summed E-state index contributed by atoms with van der Waals surface area (Å²) in [4.78, 5) is 7.87. The molecule has 0 aliphatic heterocycles. The van der Waals surface area contributed by atoms with Gasteiger partial charge in [0.25, 0.3) is 0 Å². The Morgan fingerprint density at radius 3 is 2.88 bits per heavy atom. The molecule has 0 saturated heterocycles. The van der Waals surface area contributed by atoms with Crippen LogP contribution in [0.5, 0.6) is 11.6 Å². The van der Waals surface area contributed by atoms with Crippen LogP contribution in [-0.4, -0.2) is 9.97 Å². The molecule has 1 heterocycles. The second-order valence-electron chi connectivity index (χ2n) is 3.19. The van der Waals surface area contributed by atoms with Crippen LogP contribution in [0.25, 0.3) is 0 Å². The lowest BCUT2D eigenvalue weighted by Crippen LogP contribution is -1.94. The zero-order valence-electron chi connectivity index (χ0n) is 8.45. The Morgan fingerprint density at radius 1 is 1.38 bits per heavy atom. The highest BCUT2D eigenvalue weighted by atomic mass is 127. The highest BCUT2D eigenvalue weighted by molar-refractivity contribution is 14.1. The van der Waals surface area contributed by atoms with Crippen LogP contribution in [0.2, 0.25) is 0 Å². The number of nitrogens with zero attached hydrogens (tertiary/aromatic N) is 2. The van der Waals surface area contributed by atoms with E-state index in [0.29, 0.717) is 11.6 Å². The Hall–Kier alpha value is -1.24. The van der Waals surface area contributed by atoms with E-state index >= 15 is 0 Å². The van der Waals surface area contributed by atoms with Crippen LogP contribution in [0.3, 0.4) is 0 Å². The van der Waals surface area contributed by atoms with Gasteiger partial charge in [0.05, 0.1) is 3.57 Å². The van der Waals surface area contributed by atoms with Crippen LogP contribution >= 0.6 is 22.6 Å². The van der Waals surface area contributed by atoms with E-state index in [0.717, 1.165) is 9.13 Å². The van der Waals surface area contributed by atoms with Crippen molar-refractivity contribution in [3.63, 3.8) is 0 Å². The molecule has 16 heavy (non-hydrogen) atoms. The van der Waals surface area contributed by atoms with Gasteiger partial charge < -0.3 is 4.74 Å². The fourth-order valence-corrected chi connectivity index (χ4v) is 1.62. The number of rotatable bonds is 2. The summed E-state index contributed by atoms with van der Waals surface area (Å²) in [5.41, 5.74) is 0.731. The summed E-state index contributed by atoms with van der Waals surface area (Å²) < 4.78 is 19.3. The monoisotopic (exact) mass is 330 g/mol. The van der Waals surface area contributed by atoms with Crippen molar-refractivity contribution in [2.45, 2.75) is 6.92 Å². The number of halogens is 2. The molecule has 1 aromatic carbocycles. The summed E-state index contributed by atoms with van der Waals surface area (Å²) in [6, 6.07) is 4.36. The predicted octanol–water partition coefficient (Wildman–Crippen LogP) is 3.32. The third kappa shape index (κ3) is 2.46. The van der Waals surface area contributed by atoms with E-state index in [1.807, 2.05) is 0 Å². The molecule has 0 radical (unpaired) electrons. The van der Waals surface area contributed by atoms with Crippen molar-refractivity contribution in [3.05, 3.63) is 45.7 Å². The summed E-state index contributed by atoms with van der Waals surface area (Å²) in [7, 11) is 0. The first-order chi connectivity index (χ1) is 7.66. The normalized spacial score (nSPS) is 10.2. The molecule has 0 N–H and O–H groups in total. The SMILES string of the molecule is Cc1cc(F)ccc1Oc1ncncc1I. The lowest BCUT2D eigenvalue weighted by atomic mass is 10.2. The van der Waals surface area contributed by atoms with Crippen molar-refractivity contribution in [3.8, 4) is 11.6 Å². The van der Waals surface area contributed by atoms with Crippen molar-refractivity contribution in [2.24, 2.45) is 0 Å². The second kappa shape index (κ2) is 4.73. The Morgan fingerprint density at radius 2 is 2.19 bits per heavy atom. The van der Waals surface area contributed by atoms with Gasteiger partial charge in [-0.15, -0.1) is 0 Å². The molecular formula is C11H8FIN2O. The topological polar surface area (TPSA) is 35.0 Å². The first kappa shape index (κ1) is 11.3. The summed E-state index contributed by atoms with van der Waals surface area (Å²) in [6.45, 7) is 1.78. The second-order valence-corrected chi connectivity index (χ2v) is 4.35. The Kier molecular flexibility index (Phi) is 3.33. The van der Waals surface area contributed by atoms with Gasteiger partial charge >= 0.3 is 0 Å². The van der Waals surface area contributed by atoms with E-state index in [1.54, 1.807) is 19.2 Å². The molecule has 3 nitrogen and oxygen atoms in total. The van der Waals surface area contributed by atoms with E-state index in [1.165, 1.54) is 18.5 Å². The van der Waals surface area contributed by atoms with Crippen LogP contribution in [0.15, 0.2) is 30.7 Å². The lowest BCUT2D eigenvalue weighted by Gasteiger charge is -2.08. The molecule has 2 aromatic rings. The zero-order valence-corrected chi connectivity index (χ0v) is 10.6. The molecule has 2 rings (SSSR count). The summed E-state index contributed by atoms with van der Waals surface area (Å²) >= 11 is 2.08. The first-order valence-corrected chi connectivity index (χ1v) is 5.64. The summed E-state index contributed by atoms with van der Waals surface area (Å²) in [5.74, 6) is 0.797. The molecule has 0 fully saturated rings. The molecule has 82 valence electrons. The average Bonchev–Trinajstić information content (AvgIpc) is 2.25. The van der Waals surface area contributed by atoms with Crippen molar-refractivity contribution in [1.82, 2.24) is 9.97 Å². The predicted molar refractivity (Wildman–Crippen MR) is 66.0 cm³/mol. The summed E-state index contributed by atoms with van der Waals surface area (Å²) in [5, 5.41) is 0. The third-order valence-electron chi connectivity index (χ3n) is 1.98. The highest BCUT2D eigenvalue weighted by Gasteiger charge is 2.06. The van der Waals surface area contributed by atoms with Crippen molar-refractivity contribution in [2.75, 3.05) is 0 Å². The van der Waals surface area contributed by atoms with Gasteiger partial charge in [0, 0.05) is 6.20 Å². The maximum atomic E-state index is 12.9. The molecule has 0 spiro atoms. The standard InChI is InChI=1S/C11H8FIN2O/c1-7-4-8(12)2-3-10(7)16-11-9(13)5-14-6-15-11/h2-6H,1H3. The average molecular weight is 330 g/mol. The quantitative estimate of drug-likeness (QED) is 0.793. The molecular weight excluding hydrogens is 322 g/mol. The van der Waals surface area contributed by atoms with Crippen molar-refractivity contribution >= 4 is 22.6 Å². The fourth-order valence-electron chi connectivity index (χ4n) is 1.21. The van der Waals surface area contributed by atoms with Gasteiger partial charge in [-0.1, -0.05) is 0 Å². The molecule has 0 amide bonds. The maximum Gasteiger partial charge on any atom is 0.235 e. The smallest absolute Gasteiger partial charge is 0.235 e. The number of hydrogen-bond acceptors (Lipinski definition) is 3.